The molecule has 0 saturated carbocycles. The molecule has 0 saturated heterocycles. The molecule has 0 atom stereocenters. The summed E-state index contributed by atoms with van der Waals surface area (Å²) < 4.78 is 14.4. The molecule has 0 unspecified atom stereocenters. The van der Waals surface area contributed by atoms with Gasteiger partial charge in [0.1, 0.15) is 11.3 Å². The number of halogens is 2. The van der Waals surface area contributed by atoms with Gasteiger partial charge >= 0.3 is 0 Å². The van der Waals surface area contributed by atoms with Gasteiger partial charge in [0.2, 0.25) is 0 Å². The predicted molar refractivity (Wildman–Crippen MR) is 67.9 cm³/mol. The van der Waals surface area contributed by atoms with Crippen LogP contribution in [0.1, 0.15) is 18.2 Å². The topological polar surface area (TPSA) is 38.9 Å². The van der Waals surface area contributed by atoms with E-state index in [1.807, 2.05) is 13.8 Å². The van der Waals surface area contributed by atoms with Crippen molar-refractivity contribution in [3.05, 3.63) is 33.7 Å². The maximum absolute atomic E-state index is 13.7. The standard InChI is InChI=1S/C12H12BrFN2/c1-3-9-6(2)11(15)10-7(13)4-5-8(14)12(10)16-9/h4-5H,3H2,1-2H3,(H2,15,16). The second kappa shape index (κ2) is 4.01. The first-order valence-electron chi connectivity index (χ1n) is 5.09. The van der Waals surface area contributed by atoms with Crippen LogP contribution in [-0.2, 0) is 6.42 Å². The summed E-state index contributed by atoms with van der Waals surface area (Å²) in [4.78, 5) is 4.33. The lowest BCUT2D eigenvalue weighted by atomic mass is 10.1. The van der Waals surface area contributed by atoms with E-state index in [-0.39, 0.29) is 5.82 Å². The predicted octanol–water partition coefficient (Wildman–Crippen LogP) is 3.59. The molecule has 1 heterocycles. The summed E-state index contributed by atoms with van der Waals surface area (Å²) in [6.07, 6.45) is 0.748. The normalized spacial score (nSPS) is 11.0. The van der Waals surface area contributed by atoms with Gasteiger partial charge in [-0.25, -0.2) is 9.37 Å². The molecule has 0 bridgehead atoms. The van der Waals surface area contributed by atoms with Crippen molar-refractivity contribution in [1.82, 2.24) is 4.98 Å². The number of hydrogen-bond acceptors (Lipinski definition) is 2. The molecule has 2 rings (SSSR count). The third-order valence-electron chi connectivity index (χ3n) is 2.77. The zero-order chi connectivity index (χ0) is 11.9. The van der Waals surface area contributed by atoms with Crippen LogP contribution in [0.25, 0.3) is 10.9 Å². The summed E-state index contributed by atoms with van der Waals surface area (Å²) in [5.74, 6) is -0.334. The Bertz CT molecular complexity index is 567. The summed E-state index contributed by atoms with van der Waals surface area (Å²) in [7, 11) is 0. The van der Waals surface area contributed by atoms with Crippen molar-refractivity contribution in [2.75, 3.05) is 5.73 Å². The Kier molecular flexibility index (Phi) is 2.84. The van der Waals surface area contributed by atoms with Gasteiger partial charge < -0.3 is 5.73 Å². The van der Waals surface area contributed by atoms with E-state index in [0.29, 0.717) is 16.6 Å². The molecule has 0 amide bonds. The van der Waals surface area contributed by atoms with Crippen LogP contribution >= 0.6 is 15.9 Å². The lowest BCUT2D eigenvalue weighted by Gasteiger charge is -2.11. The molecule has 2 N–H and O–H groups in total. The highest BCUT2D eigenvalue weighted by molar-refractivity contribution is 9.10. The van der Waals surface area contributed by atoms with Crippen molar-refractivity contribution in [3.8, 4) is 0 Å². The zero-order valence-electron chi connectivity index (χ0n) is 9.14. The third-order valence-corrected chi connectivity index (χ3v) is 3.43. The minimum Gasteiger partial charge on any atom is -0.398 e. The molecular weight excluding hydrogens is 271 g/mol. The largest absolute Gasteiger partial charge is 0.398 e. The number of pyridine rings is 1. The van der Waals surface area contributed by atoms with Gasteiger partial charge in [-0.2, -0.15) is 0 Å². The lowest BCUT2D eigenvalue weighted by Crippen LogP contribution is -2.01. The first-order chi connectivity index (χ1) is 7.56. The fourth-order valence-corrected chi connectivity index (χ4v) is 2.35. The lowest BCUT2D eigenvalue weighted by molar-refractivity contribution is 0.636. The summed E-state index contributed by atoms with van der Waals surface area (Å²) in [6.45, 7) is 3.90. The summed E-state index contributed by atoms with van der Waals surface area (Å²) >= 11 is 3.38. The quantitative estimate of drug-likeness (QED) is 0.868. The summed E-state index contributed by atoms with van der Waals surface area (Å²) in [6, 6.07) is 3.05. The van der Waals surface area contributed by atoms with E-state index in [1.54, 1.807) is 6.07 Å². The Balaban J connectivity index is 2.97. The number of anilines is 1. The number of aryl methyl sites for hydroxylation is 1. The Hall–Kier alpha value is -1.16. The first kappa shape index (κ1) is 11.3. The van der Waals surface area contributed by atoms with E-state index >= 15 is 0 Å². The number of aromatic nitrogens is 1. The molecule has 1 aromatic heterocycles. The average molecular weight is 283 g/mol. The van der Waals surface area contributed by atoms with Gasteiger partial charge in [-0.1, -0.05) is 22.9 Å². The molecule has 84 valence electrons. The number of rotatable bonds is 1. The van der Waals surface area contributed by atoms with Crippen molar-refractivity contribution in [3.63, 3.8) is 0 Å². The molecule has 16 heavy (non-hydrogen) atoms. The van der Waals surface area contributed by atoms with E-state index in [2.05, 4.69) is 20.9 Å². The van der Waals surface area contributed by atoms with Crippen LogP contribution in [0.3, 0.4) is 0 Å². The molecule has 2 aromatic rings. The highest BCUT2D eigenvalue weighted by Crippen LogP contribution is 2.33. The number of fused-ring (bicyclic) bond motifs is 1. The number of hydrogen-bond donors (Lipinski definition) is 1. The fourth-order valence-electron chi connectivity index (χ4n) is 1.81. The van der Waals surface area contributed by atoms with E-state index in [0.717, 1.165) is 22.2 Å². The van der Waals surface area contributed by atoms with Crippen molar-refractivity contribution in [2.45, 2.75) is 20.3 Å². The van der Waals surface area contributed by atoms with Crippen LogP contribution in [0.15, 0.2) is 16.6 Å². The van der Waals surface area contributed by atoms with Gasteiger partial charge in [0.25, 0.3) is 0 Å². The van der Waals surface area contributed by atoms with Crippen molar-refractivity contribution >= 4 is 32.5 Å². The highest BCUT2D eigenvalue weighted by atomic mass is 79.9. The van der Waals surface area contributed by atoms with Gasteiger partial charge in [0.05, 0.1) is 0 Å². The second-order valence-electron chi connectivity index (χ2n) is 3.70. The minimum absolute atomic E-state index is 0.334. The van der Waals surface area contributed by atoms with Crippen LogP contribution in [0, 0.1) is 12.7 Å². The smallest absolute Gasteiger partial charge is 0.149 e. The molecule has 0 fully saturated rings. The third kappa shape index (κ3) is 1.57. The zero-order valence-corrected chi connectivity index (χ0v) is 10.7. The van der Waals surface area contributed by atoms with Gasteiger partial charge in [-0.3, -0.25) is 0 Å². The van der Waals surface area contributed by atoms with Crippen molar-refractivity contribution in [1.29, 1.82) is 0 Å². The number of benzene rings is 1. The van der Waals surface area contributed by atoms with Crippen LogP contribution in [-0.4, -0.2) is 4.98 Å². The monoisotopic (exact) mass is 282 g/mol. The van der Waals surface area contributed by atoms with E-state index in [1.165, 1.54) is 6.07 Å². The molecule has 0 radical (unpaired) electrons. The Morgan fingerprint density at radius 2 is 2.12 bits per heavy atom. The first-order valence-corrected chi connectivity index (χ1v) is 5.88. The highest BCUT2D eigenvalue weighted by Gasteiger charge is 2.13. The molecule has 2 nitrogen and oxygen atoms in total. The van der Waals surface area contributed by atoms with Gasteiger partial charge in [0.15, 0.2) is 0 Å². The molecule has 0 spiro atoms. The number of nitrogens with zero attached hydrogens (tertiary/aromatic N) is 1. The van der Waals surface area contributed by atoms with Crippen LogP contribution in [0.4, 0.5) is 10.1 Å². The molecule has 0 aliphatic heterocycles. The van der Waals surface area contributed by atoms with Crippen LogP contribution in [0.5, 0.6) is 0 Å². The minimum atomic E-state index is -0.334. The molecule has 0 aliphatic carbocycles. The fraction of sp³-hybridized carbons (Fsp3) is 0.250. The van der Waals surface area contributed by atoms with Crippen molar-refractivity contribution in [2.24, 2.45) is 0 Å². The average Bonchev–Trinajstić information content (AvgIpc) is 2.27. The molecule has 1 aromatic carbocycles. The van der Waals surface area contributed by atoms with Gasteiger partial charge in [0, 0.05) is 21.2 Å². The maximum atomic E-state index is 13.7. The van der Waals surface area contributed by atoms with E-state index < -0.39 is 0 Å². The van der Waals surface area contributed by atoms with E-state index in [4.69, 9.17) is 5.73 Å². The van der Waals surface area contributed by atoms with Crippen molar-refractivity contribution < 1.29 is 4.39 Å². The Morgan fingerprint density at radius 1 is 1.44 bits per heavy atom. The van der Waals surface area contributed by atoms with Gasteiger partial charge in [-0.15, -0.1) is 0 Å². The van der Waals surface area contributed by atoms with Crippen LogP contribution < -0.4 is 5.73 Å². The van der Waals surface area contributed by atoms with Crippen LogP contribution in [0.2, 0.25) is 0 Å². The molecule has 4 heteroatoms. The summed E-state index contributed by atoms with van der Waals surface area (Å²) in [5, 5.41) is 0.662. The maximum Gasteiger partial charge on any atom is 0.149 e. The summed E-state index contributed by atoms with van der Waals surface area (Å²) in [5.41, 5.74) is 8.76. The molecule has 0 aliphatic rings. The van der Waals surface area contributed by atoms with E-state index in [9.17, 15) is 4.39 Å². The Morgan fingerprint density at radius 3 is 2.75 bits per heavy atom. The SMILES string of the molecule is CCc1nc2c(F)ccc(Br)c2c(N)c1C. The number of nitrogen functional groups attached to an aromatic ring is 1. The van der Waals surface area contributed by atoms with Gasteiger partial charge in [-0.05, 0) is 31.0 Å². The Labute approximate surface area is 102 Å². The molecular formula is C12H12BrFN2. The second-order valence-corrected chi connectivity index (χ2v) is 4.56. The number of nitrogens with two attached hydrogens (primary N) is 1.